The zero-order chi connectivity index (χ0) is 19.0. The molecule has 1 aromatic carbocycles. The van der Waals surface area contributed by atoms with E-state index in [2.05, 4.69) is 15.3 Å². The smallest absolute Gasteiger partial charge is 0.423 e. The number of hydrogen-bond acceptors (Lipinski definition) is 5. The van der Waals surface area contributed by atoms with Gasteiger partial charge in [-0.2, -0.15) is 18.2 Å². The molecule has 0 aliphatic rings. The van der Waals surface area contributed by atoms with Gasteiger partial charge in [-0.1, -0.05) is 31.9 Å². The molecule has 8 heteroatoms. The second kappa shape index (κ2) is 9.26. The molecule has 1 heterocycles. The van der Waals surface area contributed by atoms with Gasteiger partial charge in [-0.05, 0) is 25.5 Å². The molecule has 0 saturated heterocycles. The van der Waals surface area contributed by atoms with Crippen LogP contribution >= 0.6 is 0 Å². The summed E-state index contributed by atoms with van der Waals surface area (Å²) in [6.45, 7) is 4.47. The zero-order valence-corrected chi connectivity index (χ0v) is 14.8. The van der Waals surface area contributed by atoms with Crippen molar-refractivity contribution in [2.45, 2.75) is 39.3 Å². The van der Waals surface area contributed by atoms with Crippen LogP contribution in [0, 0.1) is 0 Å². The van der Waals surface area contributed by atoms with Crippen LogP contribution in [0.4, 0.5) is 24.8 Å². The predicted molar refractivity (Wildman–Crippen MR) is 92.9 cm³/mol. The molecule has 2 rings (SSSR count). The summed E-state index contributed by atoms with van der Waals surface area (Å²) in [6, 6.07) is 7.05. The van der Waals surface area contributed by atoms with Gasteiger partial charge in [-0.15, -0.1) is 0 Å². The fourth-order valence-electron chi connectivity index (χ4n) is 2.22. The summed E-state index contributed by atoms with van der Waals surface area (Å²) in [5, 5.41) is 2.88. The summed E-state index contributed by atoms with van der Waals surface area (Å²) >= 11 is 0. The van der Waals surface area contributed by atoms with E-state index >= 15 is 0 Å². The monoisotopic (exact) mass is 369 g/mol. The lowest BCUT2D eigenvalue weighted by atomic mass is 10.2. The highest BCUT2D eigenvalue weighted by molar-refractivity contribution is 5.62. The van der Waals surface area contributed by atoms with Crippen LogP contribution in [0.5, 0.6) is 11.6 Å². The zero-order valence-electron chi connectivity index (χ0n) is 14.8. The van der Waals surface area contributed by atoms with Crippen LogP contribution in [-0.2, 0) is 6.18 Å². The number of halogens is 3. The number of nitrogens with zero attached hydrogens (tertiary/aromatic N) is 2. The average molecular weight is 369 g/mol. The molecule has 26 heavy (non-hydrogen) atoms. The first-order valence-corrected chi connectivity index (χ1v) is 8.51. The maximum absolute atomic E-state index is 13.1. The van der Waals surface area contributed by atoms with Crippen LogP contribution in [0.1, 0.15) is 38.7 Å². The number of alkyl halides is 3. The molecule has 0 bridgehead atoms. The number of unbranched alkanes of at least 4 members (excludes halogenated alkanes) is 2. The number of nitrogens with one attached hydrogen (secondary N) is 1. The third-order valence-electron chi connectivity index (χ3n) is 3.48. The minimum Gasteiger partial charge on any atom is -0.492 e. The Bertz CT molecular complexity index is 708. The molecule has 0 fully saturated rings. The van der Waals surface area contributed by atoms with Crippen molar-refractivity contribution in [1.82, 2.24) is 9.97 Å². The number of para-hydroxylation sites is 2. The first-order valence-electron chi connectivity index (χ1n) is 8.51. The Hall–Kier alpha value is -2.51. The molecule has 1 N–H and O–H groups in total. The third kappa shape index (κ3) is 5.50. The molecule has 0 unspecified atom stereocenters. The van der Waals surface area contributed by atoms with Crippen molar-refractivity contribution in [1.29, 1.82) is 0 Å². The van der Waals surface area contributed by atoms with Gasteiger partial charge in [0.05, 0.1) is 18.9 Å². The lowest BCUT2D eigenvalue weighted by molar-refractivity contribution is -0.139. The van der Waals surface area contributed by atoms with Crippen molar-refractivity contribution in [3.63, 3.8) is 0 Å². The summed E-state index contributed by atoms with van der Waals surface area (Å²) < 4.78 is 50.2. The van der Waals surface area contributed by atoms with E-state index in [1.807, 2.05) is 13.8 Å². The summed E-state index contributed by atoms with van der Waals surface area (Å²) in [5.74, 6) is 0.0968. The largest absolute Gasteiger partial charge is 0.492 e. The molecule has 5 nitrogen and oxygen atoms in total. The Morgan fingerprint density at radius 1 is 1.08 bits per heavy atom. The number of rotatable bonds is 9. The maximum Gasteiger partial charge on any atom is 0.423 e. The standard InChI is InChI=1S/C18H22F3N3O2/c1-3-5-8-11-26-16-13(18(19,20)21)12-22-17(24-16)23-14-9-6-7-10-15(14)25-4-2/h6-7,9-10,12H,3-5,8,11H2,1-2H3,(H,22,23,24). The lowest BCUT2D eigenvalue weighted by Crippen LogP contribution is -2.13. The number of anilines is 2. The number of ether oxygens (including phenoxy) is 2. The Labute approximate surface area is 150 Å². The molecule has 0 radical (unpaired) electrons. The van der Waals surface area contributed by atoms with Crippen molar-refractivity contribution in [2.24, 2.45) is 0 Å². The molecule has 142 valence electrons. The fourth-order valence-corrected chi connectivity index (χ4v) is 2.22. The molecule has 0 saturated carbocycles. The van der Waals surface area contributed by atoms with Gasteiger partial charge in [0.2, 0.25) is 11.8 Å². The normalized spacial score (nSPS) is 11.3. The predicted octanol–water partition coefficient (Wildman–Crippen LogP) is 5.21. The van der Waals surface area contributed by atoms with E-state index in [-0.39, 0.29) is 12.6 Å². The number of hydrogen-bond donors (Lipinski definition) is 1. The van der Waals surface area contributed by atoms with Gasteiger partial charge >= 0.3 is 6.18 Å². The molecule has 0 spiro atoms. The van der Waals surface area contributed by atoms with Gasteiger partial charge in [0.15, 0.2) is 0 Å². The van der Waals surface area contributed by atoms with E-state index in [1.54, 1.807) is 24.3 Å². The highest BCUT2D eigenvalue weighted by Gasteiger charge is 2.36. The van der Waals surface area contributed by atoms with Gasteiger partial charge in [-0.3, -0.25) is 0 Å². The van der Waals surface area contributed by atoms with Gasteiger partial charge in [0, 0.05) is 6.20 Å². The summed E-state index contributed by atoms with van der Waals surface area (Å²) in [4.78, 5) is 7.68. The van der Waals surface area contributed by atoms with Gasteiger partial charge in [0.25, 0.3) is 0 Å². The van der Waals surface area contributed by atoms with E-state index in [0.29, 0.717) is 24.5 Å². The first-order chi connectivity index (χ1) is 12.5. The van der Waals surface area contributed by atoms with E-state index in [9.17, 15) is 13.2 Å². The number of benzene rings is 1. The number of aromatic nitrogens is 2. The van der Waals surface area contributed by atoms with Gasteiger partial charge in [0.1, 0.15) is 11.3 Å². The van der Waals surface area contributed by atoms with Crippen LogP contribution in [0.3, 0.4) is 0 Å². The van der Waals surface area contributed by atoms with E-state index in [0.717, 1.165) is 19.0 Å². The molecule has 0 amide bonds. The third-order valence-corrected chi connectivity index (χ3v) is 3.48. The second-order valence-electron chi connectivity index (χ2n) is 5.52. The molecule has 0 aliphatic heterocycles. The summed E-state index contributed by atoms with van der Waals surface area (Å²) in [7, 11) is 0. The Morgan fingerprint density at radius 2 is 1.85 bits per heavy atom. The molecular weight excluding hydrogens is 347 g/mol. The molecular formula is C18H22F3N3O2. The second-order valence-corrected chi connectivity index (χ2v) is 5.52. The van der Waals surface area contributed by atoms with Gasteiger partial charge in [-0.25, -0.2) is 4.98 Å². The van der Waals surface area contributed by atoms with Crippen LogP contribution < -0.4 is 14.8 Å². The summed E-state index contributed by atoms with van der Waals surface area (Å²) in [6.07, 6.45) is -1.37. The highest BCUT2D eigenvalue weighted by Crippen LogP contribution is 2.36. The molecule has 0 atom stereocenters. The van der Waals surface area contributed by atoms with Crippen LogP contribution in [0.2, 0.25) is 0 Å². The SMILES string of the molecule is CCCCCOc1nc(Nc2ccccc2OCC)ncc1C(F)(F)F. The van der Waals surface area contributed by atoms with Crippen molar-refractivity contribution in [3.05, 3.63) is 36.0 Å². The van der Waals surface area contributed by atoms with E-state index < -0.39 is 17.6 Å². The van der Waals surface area contributed by atoms with Crippen molar-refractivity contribution >= 4 is 11.6 Å². The van der Waals surface area contributed by atoms with Crippen LogP contribution in [0.15, 0.2) is 30.5 Å². The average Bonchev–Trinajstić information content (AvgIpc) is 2.60. The first kappa shape index (κ1) is 19.8. The lowest BCUT2D eigenvalue weighted by Gasteiger charge is -2.15. The van der Waals surface area contributed by atoms with Crippen LogP contribution in [0.25, 0.3) is 0 Å². The maximum atomic E-state index is 13.1. The fraction of sp³-hybridized carbons (Fsp3) is 0.444. The quantitative estimate of drug-likeness (QED) is 0.615. The minimum atomic E-state index is -4.58. The summed E-state index contributed by atoms with van der Waals surface area (Å²) in [5.41, 5.74) is -0.427. The molecule has 1 aromatic heterocycles. The highest BCUT2D eigenvalue weighted by atomic mass is 19.4. The minimum absolute atomic E-state index is 0.00986. The van der Waals surface area contributed by atoms with Crippen molar-refractivity contribution < 1.29 is 22.6 Å². The molecule has 0 aliphatic carbocycles. The van der Waals surface area contributed by atoms with E-state index in [1.165, 1.54) is 0 Å². The topological polar surface area (TPSA) is 56.3 Å². The van der Waals surface area contributed by atoms with Crippen molar-refractivity contribution in [3.8, 4) is 11.6 Å². The Kier molecular flexibility index (Phi) is 7.06. The van der Waals surface area contributed by atoms with Gasteiger partial charge < -0.3 is 14.8 Å². The Balaban J connectivity index is 2.24. The van der Waals surface area contributed by atoms with Crippen LogP contribution in [-0.4, -0.2) is 23.2 Å². The van der Waals surface area contributed by atoms with Crippen molar-refractivity contribution in [2.75, 3.05) is 18.5 Å². The van der Waals surface area contributed by atoms with E-state index in [4.69, 9.17) is 9.47 Å². The Morgan fingerprint density at radius 3 is 2.54 bits per heavy atom. The molecule has 2 aromatic rings.